The molecular weight excluding hydrogens is 663 g/mol. The van der Waals surface area contributed by atoms with E-state index in [1.807, 2.05) is 48.5 Å². The van der Waals surface area contributed by atoms with Crippen molar-refractivity contribution in [1.29, 1.82) is 0 Å². The Morgan fingerprint density at radius 2 is 1.44 bits per heavy atom. The van der Waals surface area contributed by atoms with Crippen LogP contribution in [-0.4, -0.2) is 0 Å². The minimum atomic E-state index is -0.303. The maximum atomic E-state index is 6.00. The molecule has 3 aliphatic rings. The summed E-state index contributed by atoms with van der Waals surface area (Å²) < 4.78 is 0. The third kappa shape index (κ3) is 5.96. The van der Waals surface area contributed by atoms with Crippen LogP contribution in [0.3, 0.4) is 0 Å². The van der Waals surface area contributed by atoms with Crippen LogP contribution in [0.2, 0.25) is 0 Å². The summed E-state index contributed by atoms with van der Waals surface area (Å²) in [6, 6.07) is 59.7. The summed E-state index contributed by atoms with van der Waals surface area (Å²) in [5.74, 6) is 0.486. The predicted molar refractivity (Wildman–Crippen MR) is 233 cm³/mol. The van der Waals surface area contributed by atoms with Gasteiger partial charge in [0.2, 0.25) is 0 Å². The number of allylic oxidation sites excluding steroid dienone is 5. The van der Waals surface area contributed by atoms with Crippen molar-refractivity contribution >= 4 is 16.5 Å². The zero-order valence-corrected chi connectivity index (χ0v) is 31.8. The van der Waals surface area contributed by atoms with E-state index >= 15 is 0 Å². The van der Waals surface area contributed by atoms with Gasteiger partial charge in [-0.25, -0.2) is 0 Å². The Morgan fingerprint density at radius 1 is 0.691 bits per heavy atom. The van der Waals surface area contributed by atoms with Gasteiger partial charge in [0.15, 0.2) is 0 Å². The first-order valence-corrected chi connectivity index (χ1v) is 19.9. The average Bonchev–Trinajstić information content (AvgIpc) is 3.54. The van der Waals surface area contributed by atoms with Gasteiger partial charge in [-0.3, -0.25) is 0 Å². The highest BCUT2D eigenvalue weighted by atomic mass is 14.6. The van der Waals surface area contributed by atoms with E-state index in [0.29, 0.717) is 5.92 Å². The van der Waals surface area contributed by atoms with E-state index in [0.717, 1.165) is 36.9 Å². The first-order valence-electron chi connectivity index (χ1n) is 19.9. The highest BCUT2D eigenvalue weighted by Gasteiger charge is 2.52. The van der Waals surface area contributed by atoms with Gasteiger partial charge in [0, 0.05) is 11.6 Å². The summed E-state index contributed by atoms with van der Waals surface area (Å²) in [5, 5.41) is 2.67. The number of fused-ring (bicyclic) bond motifs is 10. The lowest BCUT2D eigenvalue weighted by Crippen LogP contribution is -2.36. The molecule has 0 radical (unpaired) electrons. The van der Waals surface area contributed by atoms with Crippen LogP contribution in [0.4, 0.5) is 0 Å². The topological polar surface area (TPSA) is 26.0 Å². The number of hydrogen-bond acceptors (Lipinski definition) is 1. The molecule has 2 unspecified atom stereocenters. The van der Waals surface area contributed by atoms with Gasteiger partial charge in [0.05, 0.1) is 5.41 Å². The van der Waals surface area contributed by atoms with Crippen molar-refractivity contribution in [3.05, 3.63) is 232 Å². The Balaban J connectivity index is 0.000000209. The molecule has 1 nitrogen and oxygen atoms in total. The number of nitrogens with two attached hydrogens (primary N) is 1. The molecular formula is C54H47N. The van der Waals surface area contributed by atoms with E-state index in [4.69, 9.17) is 5.73 Å². The fourth-order valence-electron chi connectivity index (χ4n) is 9.62. The van der Waals surface area contributed by atoms with Gasteiger partial charge in [-0.1, -0.05) is 194 Å². The summed E-state index contributed by atoms with van der Waals surface area (Å²) in [5.41, 5.74) is 24.6. The molecule has 7 aromatic carbocycles. The summed E-state index contributed by atoms with van der Waals surface area (Å²) in [7, 11) is 0. The van der Waals surface area contributed by atoms with E-state index in [-0.39, 0.29) is 5.41 Å². The molecule has 0 heterocycles. The lowest BCUT2D eigenvalue weighted by Gasteiger charge is -2.45. The number of benzene rings is 7. The van der Waals surface area contributed by atoms with Crippen LogP contribution < -0.4 is 5.73 Å². The van der Waals surface area contributed by atoms with Crippen molar-refractivity contribution in [3.63, 3.8) is 0 Å². The highest BCUT2D eigenvalue weighted by molar-refractivity contribution is 6.05. The van der Waals surface area contributed by atoms with E-state index in [9.17, 15) is 0 Å². The molecule has 0 aromatic heterocycles. The maximum Gasteiger partial charge on any atom is 0.0716 e. The van der Waals surface area contributed by atoms with Crippen molar-refractivity contribution in [3.8, 4) is 22.3 Å². The summed E-state index contributed by atoms with van der Waals surface area (Å²) >= 11 is 0. The second-order valence-electron chi connectivity index (χ2n) is 15.2. The zero-order valence-electron chi connectivity index (χ0n) is 31.8. The molecule has 0 saturated carbocycles. The van der Waals surface area contributed by atoms with Gasteiger partial charge in [-0.15, -0.1) is 0 Å². The third-order valence-electron chi connectivity index (χ3n) is 12.1. The normalized spacial score (nSPS) is 17.9. The molecule has 0 amide bonds. The largest absolute Gasteiger partial charge is 0.398 e. The molecule has 55 heavy (non-hydrogen) atoms. The molecule has 1 spiro atoms. The maximum absolute atomic E-state index is 6.00. The second-order valence-corrected chi connectivity index (χ2v) is 15.2. The lowest BCUT2D eigenvalue weighted by atomic mass is 9.57. The van der Waals surface area contributed by atoms with E-state index in [1.54, 1.807) is 5.57 Å². The minimum absolute atomic E-state index is 0.303. The van der Waals surface area contributed by atoms with Crippen molar-refractivity contribution in [2.45, 2.75) is 50.9 Å². The molecule has 10 rings (SSSR count). The third-order valence-corrected chi connectivity index (χ3v) is 12.1. The second kappa shape index (κ2) is 14.6. The van der Waals surface area contributed by atoms with E-state index in [1.165, 1.54) is 72.0 Å². The molecule has 0 aliphatic heterocycles. The van der Waals surface area contributed by atoms with Crippen LogP contribution in [0.15, 0.2) is 193 Å². The van der Waals surface area contributed by atoms with Gasteiger partial charge < -0.3 is 5.73 Å². The fraction of sp³-hybridized carbons (Fsp3) is 0.148. The van der Waals surface area contributed by atoms with Crippen molar-refractivity contribution in [1.82, 2.24) is 0 Å². The molecule has 0 saturated heterocycles. The minimum Gasteiger partial charge on any atom is -0.398 e. The van der Waals surface area contributed by atoms with Crippen molar-refractivity contribution in [2.75, 3.05) is 0 Å². The molecule has 2 N–H and O–H groups in total. The predicted octanol–water partition coefficient (Wildman–Crippen LogP) is 13.5. The smallest absolute Gasteiger partial charge is 0.0716 e. The average molecular weight is 710 g/mol. The fourth-order valence-corrected chi connectivity index (χ4v) is 9.62. The Labute approximate surface area is 326 Å². The molecule has 268 valence electrons. The highest BCUT2D eigenvalue weighted by Crippen LogP contribution is 2.64. The van der Waals surface area contributed by atoms with E-state index in [2.05, 4.69) is 147 Å². The first kappa shape index (κ1) is 34.6. The Morgan fingerprint density at radius 3 is 2.25 bits per heavy atom. The molecule has 1 heteroatoms. The first-order chi connectivity index (χ1) is 27.1. The van der Waals surface area contributed by atoms with Crippen LogP contribution in [-0.2, 0) is 11.8 Å². The van der Waals surface area contributed by atoms with Gasteiger partial charge in [0.1, 0.15) is 0 Å². The molecule has 3 aliphatic carbocycles. The summed E-state index contributed by atoms with van der Waals surface area (Å²) in [6.45, 7) is 4.55. The number of rotatable bonds is 5. The van der Waals surface area contributed by atoms with Gasteiger partial charge in [0.25, 0.3) is 0 Å². The van der Waals surface area contributed by atoms with Crippen LogP contribution in [0, 0.1) is 6.92 Å². The monoisotopic (exact) mass is 709 g/mol. The molecule has 7 aromatic rings. The Hall–Kier alpha value is -6.18. The molecule has 0 fully saturated rings. The van der Waals surface area contributed by atoms with Crippen molar-refractivity contribution < 1.29 is 0 Å². The standard InChI is InChI=1S/C39H32.C15H15N/c1-3-29-31-15-6-8-17-34(31)39(35-18-9-7-16-32(29)35)36-22-20-26-12-4-5-14-30(26)38(36)33-21-19-28(24-37(33)39)27-13-10-11-25(2)23-27;16-15(14-9-5-2-6-10-14)12-11-13-7-3-1-4-8-13/h4-6,8-15,17-24,29H,3,7,16H2,1-2H3;1-10,12H,11,16H2/b;15-12-. The summed E-state index contributed by atoms with van der Waals surface area (Å²) in [6.07, 6.45) is 11.3. The quantitative estimate of drug-likeness (QED) is 0.189. The van der Waals surface area contributed by atoms with Crippen LogP contribution in [0.1, 0.15) is 71.0 Å². The van der Waals surface area contributed by atoms with E-state index < -0.39 is 0 Å². The Bertz CT molecular complexity index is 2620. The summed E-state index contributed by atoms with van der Waals surface area (Å²) in [4.78, 5) is 0. The Kier molecular flexibility index (Phi) is 9.16. The van der Waals surface area contributed by atoms with Gasteiger partial charge in [-0.05, 0) is 111 Å². The molecule has 2 atom stereocenters. The van der Waals surface area contributed by atoms with Crippen LogP contribution >= 0.6 is 0 Å². The van der Waals surface area contributed by atoms with Gasteiger partial charge in [-0.2, -0.15) is 0 Å². The van der Waals surface area contributed by atoms with Gasteiger partial charge >= 0.3 is 0 Å². The lowest BCUT2D eigenvalue weighted by molar-refractivity contribution is 0.609. The SMILES string of the molecule is CCC1C2=C(C=CCC2)C2(c3cc(-c4cccc(C)c4)ccc3-c3c2ccc2ccccc32)c2ccccc21.N/C(=C\Cc1ccccc1)c1ccccc1. The number of hydrogen-bond donors (Lipinski definition) is 1. The van der Waals surface area contributed by atoms with Crippen molar-refractivity contribution in [2.24, 2.45) is 5.73 Å². The number of aryl methyl sites for hydroxylation is 1. The van der Waals surface area contributed by atoms with Crippen LogP contribution in [0.5, 0.6) is 0 Å². The molecule has 0 bridgehead atoms. The van der Waals surface area contributed by atoms with Crippen LogP contribution in [0.25, 0.3) is 38.7 Å². The zero-order chi connectivity index (χ0) is 37.4.